The van der Waals surface area contributed by atoms with E-state index in [4.69, 9.17) is 56.8 Å². The van der Waals surface area contributed by atoms with E-state index in [9.17, 15) is 0 Å². The summed E-state index contributed by atoms with van der Waals surface area (Å²) in [4.78, 5) is 0. The quantitative estimate of drug-likeness (QED) is 0.194. The molecule has 0 saturated carbocycles. The summed E-state index contributed by atoms with van der Waals surface area (Å²) >= 11 is 0. The first kappa shape index (κ1) is 45.2. The molecule has 6 aliphatic heterocycles. The zero-order chi connectivity index (χ0) is 39.5. The van der Waals surface area contributed by atoms with Gasteiger partial charge in [0, 0.05) is 6.42 Å². The molecule has 6 bridgehead atoms. The van der Waals surface area contributed by atoms with Crippen LogP contribution in [0.15, 0.2) is 0 Å². The van der Waals surface area contributed by atoms with E-state index >= 15 is 0 Å². The van der Waals surface area contributed by atoms with E-state index in [-0.39, 0.29) is 103 Å². The van der Waals surface area contributed by atoms with Crippen molar-refractivity contribution in [3.8, 4) is 0 Å². The van der Waals surface area contributed by atoms with Gasteiger partial charge in [-0.2, -0.15) is 0 Å². The standard InChI is InChI=1S/2C14H26O4.C13H24O4/c1-8(2)15-7-14-11(6)17-12(10(5)18-14)13(14)16-9(3)4;1-9(2)16-8-14-6-7-15-12(11(5)18-14)13(14)17-10(3)4;1-8(2)14-6-13-7-15-11(10(5)17-13)12(13)16-9(3)4/h8-13H,7H2,1-6H3;9-13H,6-8H2,1-5H3;8-12H,6-7H2,1-5H3/t10-,11-,12?,13+,14-;11-,12?,13+,14+;10-,11?,12+,13-/m000/s1. The highest BCUT2D eigenvalue weighted by Crippen LogP contribution is 2.47. The zero-order valence-corrected chi connectivity index (χ0v) is 35.9. The van der Waals surface area contributed by atoms with Crippen LogP contribution in [0, 0.1) is 0 Å². The maximum atomic E-state index is 6.16. The summed E-state index contributed by atoms with van der Waals surface area (Å²) in [7, 11) is 0. The predicted molar refractivity (Wildman–Crippen MR) is 202 cm³/mol. The lowest BCUT2D eigenvalue weighted by Crippen LogP contribution is -2.54. The summed E-state index contributed by atoms with van der Waals surface area (Å²) in [5.74, 6) is 0. The topological polar surface area (TPSA) is 111 Å². The Bertz CT molecular complexity index is 1090. The number of ether oxygens (including phenoxy) is 12. The van der Waals surface area contributed by atoms with E-state index in [1.54, 1.807) is 0 Å². The average molecular weight is 761 g/mol. The third-order valence-corrected chi connectivity index (χ3v) is 10.7. The van der Waals surface area contributed by atoms with Crippen LogP contribution in [-0.2, 0) is 56.8 Å². The van der Waals surface area contributed by atoms with Crippen molar-refractivity contribution in [2.75, 3.05) is 33.0 Å². The van der Waals surface area contributed by atoms with Crippen molar-refractivity contribution >= 4 is 0 Å². The summed E-state index contributed by atoms with van der Waals surface area (Å²) < 4.78 is 71.3. The van der Waals surface area contributed by atoms with E-state index in [1.807, 2.05) is 90.0 Å². The molecule has 53 heavy (non-hydrogen) atoms. The first-order chi connectivity index (χ1) is 24.8. The van der Waals surface area contributed by atoms with Crippen LogP contribution in [0.5, 0.6) is 0 Å². The van der Waals surface area contributed by atoms with Gasteiger partial charge in [-0.15, -0.1) is 0 Å². The molecule has 0 aromatic rings. The van der Waals surface area contributed by atoms with Crippen molar-refractivity contribution in [1.82, 2.24) is 0 Å². The van der Waals surface area contributed by atoms with Crippen LogP contribution in [0.2, 0.25) is 0 Å². The first-order valence-electron chi connectivity index (χ1n) is 20.5. The second-order valence-electron chi connectivity index (χ2n) is 17.6. The molecule has 0 aromatic heterocycles. The lowest BCUT2D eigenvalue weighted by atomic mass is 9.89. The monoisotopic (exact) mass is 761 g/mol. The van der Waals surface area contributed by atoms with Crippen molar-refractivity contribution < 1.29 is 56.8 Å². The summed E-state index contributed by atoms with van der Waals surface area (Å²) in [6, 6.07) is 0. The van der Waals surface area contributed by atoms with Gasteiger partial charge in [-0.25, -0.2) is 0 Å². The van der Waals surface area contributed by atoms with Crippen molar-refractivity contribution in [2.24, 2.45) is 0 Å². The first-order valence-corrected chi connectivity index (χ1v) is 20.5. The van der Waals surface area contributed by atoms with Crippen LogP contribution in [0.4, 0.5) is 0 Å². The van der Waals surface area contributed by atoms with Gasteiger partial charge in [0.2, 0.25) is 0 Å². The molecule has 0 spiro atoms. The molecule has 12 heteroatoms. The van der Waals surface area contributed by atoms with Gasteiger partial charge in [-0.1, -0.05) is 0 Å². The normalized spacial score (nSPS) is 41.3. The fraction of sp³-hybridized carbons (Fsp3) is 1.00. The maximum Gasteiger partial charge on any atom is 0.146 e. The molecular weight excluding hydrogens is 684 g/mol. The van der Waals surface area contributed by atoms with Gasteiger partial charge in [0.1, 0.15) is 53.4 Å². The Kier molecular flexibility index (Phi) is 16.1. The number of hydrogen-bond donors (Lipinski definition) is 0. The minimum absolute atomic E-state index is 0.00347. The molecule has 0 aliphatic carbocycles. The Labute approximate surface area is 321 Å². The van der Waals surface area contributed by atoms with Crippen LogP contribution in [0.1, 0.15) is 117 Å². The molecule has 0 radical (unpaired) electrons. The minimum atomic E-state index is -0.446. The highest BCUT2D eigenvalue weighted by Gasteiger charge is 2.65. The molecule has 12 nitrogen and oxygen atoms in total. The van der Waals surface area contributed by atoms with Gasteiger partial charge in [0.25, 0.3) is 0 Å². The Morgan fingerprint density at radius 2 is 0.925 bits per heavy atom. The Hall–Kier alpha value is -0.480. The van der Waals surface area contributed by atoms with Gasteiger partial charge in [0.05, 0.1) is 94.1 Å². The average Bonchev–Trinajstić information content (AvgIpc) is 3.72. The zero-order valence-electron chi connectivity index (χ0n) is 35.9. The van der Waals surface area contributed by atoms with E-state index in [0.717, 1.165) is 13.0 Å². The van der Waals surface area contributed by atoms with Crippen LogP contribution in [0.3, 0.4) is 0 Å². The largest absolute Gasteiger partial charge is 0.376 e. The van der Waals surface area contributed by atoms with Crippen molar-refractivity contribution in [3.05, 3.63) is 0 Å². The molecule has 6 aliphatic rings. The number of rotatable bonds is 15. The van der Waals surface area contributed by atoms with Crippen LogP contribution in [0.25, 0.3) is 0 Å². The number of fused-ring (bicyclic) bond motifs is 6. The lowest BCUT2D eigenvalue weighted by Gasteiger charge is -2.39. The molecule has 6 saturated heterocycles. The number of hydrogen-bond acceptors (Lipinski definition) is 12. The molecule has 0 aromatic carbocycles. The molecule has 0 N–H and O–H groups in total. The van der Waals surface area contributed by atoms with Crippen molar-refractivity contribution in [3.63, 3.8) is 0 Å². The molecule has 3 unspecified atom stereocenters. The highest BCUT2D eigenvalue weighted by atomic mass is 16.7. The molecule has 13 atom stereocenters. The highest BCUT2D eigenvalue weighted by molar-refractivity contribution is 5.12. The molecule has 312 valence electrons. The van der Waals surface area contributed by atoms with E-state index in [2.05, 4.69) is 20.8 Å². The Balaban J connectivity index is 0.000000178. The van der Waals surface area contributed by atoms with Gasteiger partial charge in [0.15, 0.2) is 0 Å². The van der Waals surface area contributed by atoms with E-state index in [1.165, 1.54) is 0 Å². The lowest BCUT2D eigenvalue weighted by molar-refractivity contribution is -0.204. The van der Waals surface area contributed by atoms with Crippen molar-refractivity contribution in [1.29, 1.82) is 0 Å². The minimum Gasteiger partial charge on any atom is -0.376 e. The summed E-state index contributed by atoms with van der Waals surface area (Å²) in [5.41, 5.74) is -1.17. The predicted octanol–water partition coefficient (Wildman–Crippen LogP) is 6.06. The second kappa shape index (κ2) is 18.9. The molecule has 0 amide bonds. The van der Waals surface area contributed by atoms with Crippen molar-refractivity contribution in [2.45, 2.75) is 232 Å². The maximum absolute atomic E-state index is 6.16. The van der Waals surface area contributed by atoms with Gasteiger partial charge in [-0.3, -0.25) is 0 Å². The SMILES string of the molecule is CC(C)OC[C@@]12CCOC([C@H](C)O1)[C@H]2OC(C)C.CC(C)OC[C@@]12COC([C@H](C)O1)[C@H]2OC(C)C.CC(C)OC[C@]12O[C@@H](C)C(O[C@H]1C)[C@H]2OC(C)C. The molecule has 6 rings (SSSR count). The second-order valence-corrected chi connectivity index (χ2v) is 17.6. The summed E-state index contributed by atoms with van der Waals surface area (Å²) in [5, 5.41) is 0. The Morgan fingerprint density at radius 3 is 1.43 bits per heavy atom. The Morgan fingerprint density at radius 1 is 0.491 bits per heavy atom. The fourth-order valence-corrected chi connectivity index (χ4v) is 8.30. The van der Waals surface area contributed by atoms with E-state index in [0.29, 0.717) is 26.4 Å². The fourth-order valence-electron chi connectivity index (χ4n) is 8.30. The molecular formula is C41H76O12. The van der Waals surface area contributed by atoms with Gasteiger partial charge >= 0.3 is 0 Å². The third-order valence-electron chi connectivity index (χ3n) is 10.7. The molecule has 6 heterocycles. The third kappa shape index (κ3) is 10.5. The molecule has 6 fully saturated rings. The summed E-state index contributed by atoms with van der Waals surface area (Å²) in [6.07, 6.45) is 2.27. The van der Waals surface area contributed by atoms with Gasteiger partial charge < -0.3 is 56.8 Å². The smallest absolute Gasteiger partial charge is 0.146 e. The van der Waals surface area contributed by atoms with Crippen LogP contribution >= 0.6 is 0 Å². The summed E-state index contributed by atoms with van der Waals surface area (Å²) in [6.45, 7) is 35.7. The van der Waals surface area contributed by atoms with Crippen LogP contribution < -0.4 is 0 Å². The van der Waals surface area contributed by atoms with Crippen LogP contribution in [-0.4, -0.2) is 148 Å². The van der Waals surface area contributed by atoms with E-state index < -0.39 is 11.2 Å². The van der Waals surface area contributed by atoms with Gasteiger partial charge in [-0.05, 0) is 111 Å².